The van der Waals surface area contributed by atoms with Gasteiger partial charge in [0, 0.05) is 16.7 Å². The van der Waals surface area contributed by atoms with Crippen molar-refractivity contribution in [3.63, 3.8) is 0 Å². The van der Waals surface area contributed by atoms with Gasteiger partial charge in [-0.25, -0.2) is 0 Å². The van der Waals surface area contributed by atoms with E-state index in [0.717, 1.165) is 11.7 Å². The van der Waals surface area contributed by atoms with E-state index in [1.165, 1.54) is 16.9 Å². The molecule has 1 nitrogen and oxygen atoms in total. The highest BCUT2D eigenvalue weighted by Crippen LogP contribution is 2.23. The van der Waals surface area contributed by atoms with Gasteiger partial charge in [-0.15, -0.1) is 11.8 Å². The van der Waals surface area contributed by atoms with Gasteiger partial charge < -0.3 is 5.32 Å². The Kier molecular flexibility index (Phi) is 5.93. The van der Waals surface area contributed by atoms with Gasteiger partial charge in [0.1, 0.15) is 0 Å². The maximum Gasteiger partial charge on any atom is 0.0161 e. The lowest BCUT2D eigenvalue weighted by molar-refractivity contribution is 0.474. The van der Waals surface area contributed by atoms with Crippen molar-refractivity contribution in [1.82, 2.24) is 5.32 Å². The molecule has 1 rings (SSSR count). The Morgan fingerprint density at radius 3 is 2.50 bits per heavy atom. The third kappa shape index (κ3) is 4.58. The Hall–Kier alpha value is -0.470. The number of thioether (sulfide) groups is 1. The molecular weight excluding hydrogens is 214 g/mol. The van der Waals surface area contributed by atoms with Crippen LogP contribution in [-0.4, -0.2) is 18.8 Å². The zero-order valence-corrected chi connectivity index (χ0v) is 11.6. The highest BCUT2D eigenvalue weighted by atomic mass is 32.2. The number of aryl methyl sites for hydroxylation is 1. The van der Waals surface area contributed by atoms with Crippen LogP contribution < -0.4 is 5.32 Å². The lowest BCUT2D eigenvalue weighted by atomic mass is 10.1. The van der Waals surface area contributed by atoms with E-state index in [4.69, 9.17) is 0 Å². The number of hydrogen-bond donors (Lipinski definition) is 1. The van der Waals surface area contributed by atoms with Crippen LogP contribution in [0.25, 0.3) is 0 Å². The van der Waals surface area contributed by atoms with Crippen LogP contribution in [0.1, 0.15) is 25.8 Å². The van der Waals surface area contributed by atoms with Gasteiger partial charge in [0.25, 0.3) is 0 Å². The topological polar surface area (TPSA) is 12.0 Å². The summed E-state index contributed by atoms with van der Waals surface area (Å²) in [6.45, 7) is 6.74. The smallest absolute Gasteiger partial charge is 0.0161 e. The highest BCUT2D eigenvalue weighted by molar-refractivity contribution is 7.99. The fraction of sp³-hybridized carbons (Fsp3) is 0.571. The van der Waals surface area contributed by atoms with E-state index in [1.54, 1.807) is 0 Å². The SMILES string of the molecule is CNC(CSc1ccccc1C)CC(C)C. The fourth-order valence-corrected chi connectivity index (χ4v) is 2.90. The van der Waals surface area contributed by atoms with Crippen molar-refractivity contribution >= 4 is 11.8 Å². The van der Waals surface area contributed by atoms with Gasteiger partial charge in [-0.2, -0.15) is 0 Å². The summed E-state index contributed by atoms with van der Waals surface area (Å²) in [6, 6.07) is 9.22. The Bertz CT molecular complexity index is 309. The third-order valence-corrected chi connectivity index (χ3v) is 4.04. The number of benzene rings is 1. The van der Waals surface area contributed by atoms with Crippen LogP contribution in [-0.2, 0) is 0 Å². The summed E-state index contributed by atoms with van der Waals surface area (Å²) < 4.78 is 0. The van der Waals surface area contributed by atoms with E-state index in [1.807, 2.05) is 11.8 Å². The van der Waals surface area contributed by atoms with E-state index >= 15 is 0 Å². The molecule has 16 heavy (non-hydrogen) atoms. The van der Waals surface area contributed by atoms with E-state index in [0.29, 0.717) is 6.04 Å². The molecular formula is C14H23NS. The predicted octanol–water partition coefficient (Wildman–Crippen LogP) is 3.72. The van der Waals surface area contributed by atoms with Gasteiger partial charge in [-0.1, -0.05) is 32.0 Å². The molecule has 0 aromatic heterocycles. The fourth-order valence-electron chi connectivity index (χ4n) is 1.75. The molecule has 1 N–H and O–H groups in total. The second kappa shape index (κ2) is 6.97. The molecule has 0 fully saturated rings. The van der Waals surface area contributed by atoms with Crippen LogP contribution >= 0.6 is 11.8 Å². The van der Waals surface area contributed by atoms with E-state index in [9.17, 15) is 0 Å². The Morgan fingerprint density at radius 1 is 1.25 bits per heavy atom. The van der Waals surface area contributed by atoms with Crippen LogP contribution in [0.15, 0.2) is 29.2 Å². The van der Waals surface area contributed by atoms with Crippen LogP contribution in [0.3, 0.4) is 0 Å². The predicted molar refractivity (Wildman–Crippen MR) is 74.2 cm³/mol. The van der Waals surface area contributed by atoms with Crippen LogP contribution in [0.5, 0.6) is 0 Å². The maximum atomic E-state index is 3.40. The molecule has 1 unspecified atom stereocenters. The van der Waals surface area contributed by atoms with Crippen molar-refractivity contribution < 1.29 is 0 Å². The highest BCUT2D eigenvalue weighted by Gasteiger charge is 2.09. The molecule has 0 amide bonds. The number of rotatable bonds is 6. The standard InChI is InChI=1S/C14H23NS/c1-11(2)9-13(15-4)10-16-14-8-6-5-7-12(14)3/h5-8,11,13,15H,9-10H2,1-4H3. The molecule has 0 heterocycles. The molecule has 0 aliphatic carbocycles. The summed E-state index contributed by atoms with van der Waals surface area (Å²) >= 11 is 1.96. The average molecular weight is 237 g/mol. The van der Waals surface area contributed by atoms with Gasteiger partial charge >= 0.3 is 0 Å². The quantitative estimate of drug-likeness (QED) is 0.757. The molecule has 0 saturated carbocycles. The molecule has 90 valence electrons. The maximum absolute atomic E-state index is 3.40. The minimum absolute atomic E-state index is 0.615. The van der Waals surface area contributed by atoms with Crippen LogP contribution in [0, 0.1) is 12.8 Å². The van der Waals surface area contributed by atoms with Crippen molar-refractivity contribution in [2.75, 3.05) is 12.8 Å². The van der Waals surface area contributed by atoms with Crippen LogP contribution in [0.2, 0.25) is 0 Å². The average Bonchev–Trinajstić information content (AvgIpc) is 2.25. The van der Waals surface area contributed by atoms with Crippen LogP contribution in [0.4, 0.5) is 0 Å². The molecule has 0 aliphatic rings. The molecule has 1 atom stereocenters. The summed E-state index contributed by atoms with van der Waals surface area (Å²) in [6.07, 6.45) is 1.25. The lowest BCUT2D eigenvalue weighted by Crippen LogP contribution is -2.29. The second-order valence-corrected chi connectivity index (χ2v) is 5.75. The summed E-state index contributed by atoms with van der Waals surface area (Å²) in [4.78, 5) is 1.41. The first kappa shape index (κ1) is 13.6. The first-order valence-corrected chi connectivity index (χ1v) is 6.97. The van der Waals surface area contributed by atoms with Crippen molar-refractivity contribution in [1.29, 1.82) is 0 Å². The van der Waals surface area contributed by atoms with Gasteiger partial charge in [-0.3, -0.25) is 0 Å². The van der Waals surface area contributed by atoms with Gasteiger partial charge in [-0.05, 0) is 37.9 Å². The van der Waals surface area contributed by atoms with Gasteiger partial charge in [0.2, 0.25) is 0 Å². The molecule has 2 heteroatoms. The van der Waals surface area contributed by atoms with Gasteiger partial charge in [0.15, 0.2) is 0 Å². The van der Waals surface area contributed by atoms with Crippen molar-refractivity contribution in [3.05, 3.63) is 29.8 Å². The van der Waals surface area contributed by atoms with Gasteiger partial charge in [0.05, 0.1) is 0 Å². The molecule has 0 bridgehead atoms. The summed E-state index contributed by atoms with van der Waals surface area (Å²) in [5.41, 5.74) is 1.38. The minimum Gasteiger partial charge on any atom is -0.316 e. The number of nitrogens with one attached hydrogen (secondary N) is 1. The largest absolute Gasteiger partial charge is 0.316 e. The van der Waals surface area contributed by atoms with E-state index < -0.39 is 0 Å². The summed E-state index contributed by atoms with van der Waals surface area (Å²) in [7, 11) is 2.06. The normalized spacial score (nSPS) is 13.1. The lowest BCUT2D eigenvalue weighted by Gasteiger charge is -2.18. The molecule has 0 radical (unpaired) electrons. The molecule has 0 spiro atoms. The van der Waals surface area contributed by atoms with Crippen molar-refractivity contribution in [2.45, 2.75) is 38.1 Å². The Morgan fingerprint density at radius 2 is 1.94 bits per heavy atom. The molecule has 0 saturated heterocycles. The van der Waals surface area contributed by atoms with E-state index in [-0.39, 0.29) is 0 Å². The van der Waals surface area contributed by atoms with E-state index in [2.05, 4.69) is 57.4 Å². The second-order valence-electron chi connectivity index (χ2n) is 4.69. The minimum atomic E-state index is 0.615. The molecule has 0 aliphatic heterocycles. The summed E-state index contributed by atoms with van der Waals surface area (Å²) in [5.74, 6) is 1.91. The third-order valence-electron chi connectivity index (χ3n) is 2.70. The summed E-state index contributed by atoms with van der Waals surface area (Å²) in [5, 5.41) is 3.40. The zero-order chi connectivity index (χ0) is 12.0. The monoisotopic (exact) mass is 237 g/mol. The van der Waals surface area contributed by atoms with Crippen molar-refractivity contribution in [2.24, 2.45) is 5.92 Å². The van der Waals surface area contributed by atoms with Crippen molar-refractivity contribution in [3.8, 4) is 0 Å². The first-order chi connectivity index (χ1) is 7.63. The molecule has 1 aromatic carbocycles. The Balaban J connectivity index is 2.46. The first-order valence-electron chi connectivity index (χ1n) is 5.99. The Labute approximate surface area is 104 Å². The zero-order valence-electron chi connectivity index (χ0n) is 10.8. The number of hydrogen-bond acceptors (Lipinski definition) is 2. The molecule has 1 aromatic rings.